The Morgan fingerprint density at radius 2 is 1.43 bits per heavy atom. The number of ether oxygens (including phenoxy) is 1. The van der Waals surface area contributed by atoms with Crippen LogP contribution in [-0.4, -0.2) is 54.4 Å². The Morgan fingerprint density at radius 3 is 2.05 bits per heavy atom. The van der Waals surface area contributed by atoms with E-state index < -0.39 is 0 Å². The molecule has 1 fully saturated rings. The number of benzene rings is 4. The van der Waals surface area contributed by atoms with Gasteiger partial charge in [-0.15, -0.1) is 0 Å². The molecule has 4 aromatic rings. The van der Waals surface area contributed by atoms with Crippen molar-refractivity contribution in [2.45, 2.75) is 13.0 Å². The van der Waals surface area contributed by atoms with Gasteiger partial charge in [-0.25, -0.2) is 0 Å². The highest BCUT2D eigenvalue weighted by atomic mass is 35.5. The van der Waals surface area contributed by atoms with E-state index in [1.54, 1.807) is 36.4 Å². The zero-order valence-corrected chi connectivity index (χ0v) is 23.2. The van der Waals surface area contributed by atoms with Gasteiger partial charge in [-0.2, -0.15) is 0 Å². The largest absolute Gasteiger partial charge is 0.484 e. The first kappa shape index (κ1) is 27.4. The molecule has 1 N–H and O–H groups in total. The average Bonchev–Trinajstić information content (AvgIpc) is 2.99. The lowest BCUT2D eigenvalue weighted by atomic mass is 9.96. The summed E-state index contributed by atoms with van der Waals surface area (Å²) in [6.45, 7) is 4.36. The molecule has 0 spiro atoms. The third-order valence-corrected chi connectivity index (χ3v) is 7.55. The van der Waals surface area contributed by atoms with Gasteiger partial charge in [0.05, 0.1) is 17.3 Å². The summed E-state index contributed by atoms with van der Waals surface area (Å²) in [7, 11) is 0. The Kier molecular flexibility index (Phi) is 8.79. The van der Waals surface area contributed by atoms with Gasteiger partial charge in [-0.3, -0.25) is 14.5 Å². The van der Waals surface area contributed by atoms with Crippen LogP contribution in [0.2, 0.25) is 5.02 Å². The van der Waals surface area contributed by atoms with Crippen LogP contribution >= 0.6 is 11.6 Å². The van der Waals surface area contributed by atoms with Gasteiger partial charge in [-0.1, -0.05) is 84.4 Å². The minimum Gasteiger partial charge on any atom is -0.484 e. The molecule has 1 aliphatic rings. The topological polar surface area (TPSA) is 61.9 Å². The maximum Gasteiger partial charge on any atom is 0.262 e. The van der Waals surface area contributed by atoms with Crippen molar-refractivity contribution in [3.63, 3.8) is 0 Å². The molecule has 0 saturated carbocycles. The number of aryl methyl sites for hydroxylation is 1. The standard InChI is InChI=1S/C33H32ClN3O3/c1-24-22-27(16-17-29(24)34)40-23-31(38)35-30-15-9-8-14-28(30)33(39)37-20-18-36(19-21-37)32(25-10-4-2-5-11-25)26-12-6-3-7-13-26/h2-17,22,32H,18-21,23H2,1H3,(H,35,38). The van der Waals surface area contributed by atoms with Gasteiger partial charge in [0.2, 0.25) is 0 Å². The fourth-order valence-corrected chi connectivity index (χ4v) is 5.18. The summed E-state index contributed by atoms with van der Waals surface area (Å²) in [6.07, 6.45) is 0. The molecule has 6 nitrogen and oxygen atoms in total. The van der Waals surface area contributed by atoms with E-state index in [0.717, 1.165) is 18.7 Å². The van der Waals surface area contributed by atoms with Gasteiger partial charge in [0.15, 0.2) is 6.61 Å². The highest BCUT2D eigenvalue weighted by Gasteiger charge is 2.29. The smallest absolute Gasteiger partial charge is 0.262 e. The van der Waals surface area contributed by atoms with Gasteiger partial charge in [0.25, 0.3) is 11.8 Å². The zero-order valence-electron chi connectivity index (χ0n) is 22.4. The lowest BCUT2D eigenvalue weighted by Crippen LogP contribution is -2.50. The van der Waals surface area contributed by atoms with Crippen LogP contribution < -0.4 is 10.1 Å². The van der Waals surface area contributed by atoms with E-state index in [9.17, 15) is 9.59 Å². The van der Waals surface area contributed by atoms with E-state index in [-0.39, 0.29) is 24.5 Å². The number of halogens is 1. The molecular formula is C33H32ClN3O3. The number of para-hydroxylation sites is 1. The van der Waals surface area contributed by atoms with Crippen molar-refractivity contribution in [3.05, 3.63) is 130 Å². The Balaban J connectivity index is 1.23. The second-order valence-electron chi connectivity index (χ2n) is 9.85. The average molecular weight is 554 g/mol. The van der Waals surface area contributed by atoms with Gasteiger partial charge < -0.3 is 15.0 Å². The summed E-state index contributed by atoms with van der Waals surface area (Å²) in [5.41, 5.74) is 4.28. The van der Waals surface area contributed by atoms with Crippen LogP contribution in [0.4, 0.5) is 5.69 Å². The highest BCUT2D eigenvalue weighted by molar-refractivity contribution is 6.31. The minimum atomic E-state index is -0.341. The number of carbonyl (C=O) groups is 2. The molecule has 0 atom stereocenters. The van der Waals surface area contributed by atoms with Gasteiger partial charge in [0, 0.05) is 31.2 Å². The molecule has 5 rings (SSSR count). The molecule has 0 bridgehead atoms. The number of carbonyl (C=O) groups excluding carboxylic acids is 2. The van der Waals surface area contributed by atoms with Crippen molar-refractivity contribution in [3.8, 4) is 5.75 Å². The lowest BCUT2D eigenvalue weighted by Gasteiger charge is -2.40. The SMILES string of the molecule is Cc1cc(OCC(=O)Nc2ccccc2C(=O)N2CCN(C(c3ccccc3)c3ccccc3)CC2)ccc1Cl. The monoisotopic (exact) mass is 553 g/mol. The number of piperazine rings is 1. The maximum atomic E-state index is 13.6. The summed E-state index contributed by atoms with van der Waals surface area (Å²) >= 11 is 6.07. The van der Waals surface area contributed by atoms with Gasteiger partial charge in [0.1, 0.15) is 5.75 Å². The number of anilines is 1. The Labute approximate surface area is 240 Å². The Bertz CT molecular complexity index is 1420. The van der Waals surface area contributed by atoms with E-state index >= 15 is 0 Å². The van der Waals surface area contributed by atoms with E-state index in [0.29, 0.717) is 35.1 Å². The van der Waals surface area contributed by atoms with Crippen LogP contribution in [0.5, 0.6) is 5.75 Å². The Morgan fingerprint density at radius 1 is 0.825 bits per heavy atom. The minimum absolute atomic E-state index is 0.0965. The predicted molar refractivity (Wildman–Crippen MR) is 159 cm³/mol. The molecule has 0 unspecified atom stereocenters. The molecule has 0 aromatic heterocycles. The van der Waals surface area contributed by atoms with E-state index in [2.05, 4.69) is 58.7 Å². The summed E-state index contributed by atoms with van der Waals surface area (Å²) in [4.78, 5) is 30.6. The van der Waals surface area contributed by atoms with Crippen LogP contribution in [0.15, 0.2) is 103 Å². The molecular weight excluding hydrogens is 522 g/mol. The molecule has 40 heavy (non-hydrogen) atoms. The number of amides is 2. The first-order valence-electron chi connectivity index (χ1n) is 13.4. The van der Waals surface area contributed by atoms with Crippen LogP contribution in [0.1, 0.15) is 33.1 Å². The van der Waals surface area contributed by atoms with Crippen molar-refractivity contribution in [1.29, 1.82) is 0 Å². The second-order valence-corrected chi connectivity index (χ2v) is 10.3. The number of hydrogen-bond donors (Lipinski definition) is 1. The lowest BCUT2D eigenvalue weighted by molar-refractivity contribution is -0.118. The van der Waals surface area contributed by atoms with Gasteiger partial charge >= 0.3 is 0 Å². The summed E-state index contributed by atoms with van der Waals surface area (Å²) in [6, 6.07) is 33.4. The van der Waals surface area contributed by atoms with Crippen molar-refractivity contribution in [2.75, 3.05) is 38.1 Å². The molecule has 204 valence electrons. The van der Waals surface area contributed by atoms with E-state index in [1.165, 1.54) is 11.1 Å². The molecule has 0 aliphatic carbocycles. The van der Waals surface area contributed by atoms with Crippen molar-refractivity contribution in [2.24, 2.45) is 0 Å². The highest BCUT2D eigenvalue weighted by Crippen LogP contribution is 2.30. The molecule has 2 amide bonds. The van der Waals surface area contributed by atoms with Crippen molar-refractivity contribution in [1.82, 2.24) is 9.80 Å². The Hall–Kier alpha value is -4.13. The molecule has 1 aliphatic heterocycles. The van der Waals surface area contributed by atoms with Gasteiger partial charge in [-0.05, 0) is 53.9 Å². The molecule has 4 aromatic carbocycles. The number of hydrogen-bond acceptors (Lipinski definition) is 4. The number of rotatable bonds is 8. The van der Waals surface area contributed by atoms with Crippen LogP contribution in [0, 0.1) is 6.92 Å². The first-order valence-corrected chi connectivity index (χ1v) is 13.8. The van der Waals surface area contributed by atoms with Crippen LogP contribution in [0.3, 0.4) is 0 Å². The first-order chi connectivity index (χ1) is 19.5. The third kappa shape index (κ3) is 6.53. The summed E-state index contributed by atoms with van der Waals surface area (Å²) in [5, 5.41) is 3.49. The molecule has 1 heterocycles. The summed E-state index contributed by atoms with van der Waals surface area (Å²) in [5.74, 6) is 0.121. The number of nitrogens with zero attached hydrogens (tertiary/aromatic N) is 2. The predicted octanol–water partition coefficient (Wildman–Crippen LogP) is 6.21. The fourth-order valence-electron chi connectivity index (χ4n) is 5.06. The molecule has 0 radical (unpaired) electrons. The van der Waals surface area contributed by atoms with Crippen molar-refractivity contribution >= 4 is 29.1 Å². The zero-order chi connectivity index (χ0) is 27.9. The second kappa shape index (κ2) is 12.8. The molecule has 7 heteroatoms. The summed E-state index contributed by atoms with van der Waals surface area (Å²) < 4.78 is 5.63. The quantitative estimate of drug-likeness (QED) is 0.282. The normalized spacial score (nSPS) is 13.7. The molecule has 1 saturated heterocycles. The van der Waals surface area contributed by atoms with E-state index in [1.807, 2.05) is 30.0 Å². The van der Waals surface area contributed by atoms with E-state index in [4.69, 9.17) is 16.3 Å². The van der Waals surface area contributed by atoms with Crippen LogP contribution in [0.25, 0.3) is 0 Å². The fraction of sp³-hybridized carbons (Fsp3) is 0.212. The number of nitrogens with one attached hydrogen (secondary N) is 1. The third-order valence-electron chi connectivity index (χ3n) is 7.13. The van der Waals surface area contributed by atoms with Crippen LogP contribution in [-0.2, 0) is 4.79 Å². The van der Waals surface area contributed by atoms with Crippen molar-refractivity contribution < 1.29 is 14.3 Å². The maximum absolute atomic E-state index is 13.6.